The van der Waals surface area contributed by atoms with Gasteiger partial charge in [0, 0.05) is 17.8 Å². The Hall–Kier alpha value is -3.16. The fraction of sp³-hybridized carbons (Fsp3) is 0.160. The van der Waals surface area contributed by atoms with E-state index in [4.69, 9.17) is 0 Å². The molecule has 0 saturated heterocycles. The Kier molecular flexibility index (Phi) is 7.19. The van der Waals surface area contributed by atoms with Gasteiger partial charge in [-0.15, -0.1) is 11.3 Å². The van der Waals surface area contributed by atoms with Gasteiger partial charge in [0.25, 0.3) is 5.91 Å². The Morgan fingerprint density at radius 1 is 1.00 bits per heavy atom. The third-order valence-corrected chi connectivity index (χ3v) is 7.01. The van der Waals surface area contributed by atoms with Crippen LogP contribution in [0.3, 0.4) is 0 Å². The van der Waals surface area contributed by atoms with Crippen molar-refractivity contribution in [3.63, 3.8) is 0 Å². The van der Waals surface area contributed by atoms with Crippen LogP contribution in [0, 0.1) is 6.92 Å². The number of anilines is 1. The van der Waals surface area contributed by atoms with E-state index in [1.54, 1.807) is 0 Å². The SMILES string of the molecule is Cc1ccc(C(=O)Nc2ccc3nc(SCC(=O)NCCc4ccccc4)sc3c2)cc1. The number of carbonyl (C=O) groups is 2. The maximum absolute atomic E-state index is 12.4. The van der Waals surface area contributed by atoms with Crippen LogP contribution in [0.2, 0.25) is 0 Å². The molecule has 0 unspecified atom stereocenters. The molecule has 0 spiro atoms. The maximum Gasteiger partial charge on any atom is 0.255 e. The smallest absolute Gasteiger partial charge is 0.255 e. The normalized spacial score (nSPS) is 10.8. The van der Waals surface area contributed by atoms with Crippen molar-refractivity contribution in [2.45, 2.75) is 17.7 Å². The molecular weight excluding hydrogens is 438 g/mol. The second kappa shape index (κ2) is 10.4. The van der Waals surface area contributed by atoms with Gasteiger partial charge in [-0.3, -0.25) is 9.59 Å². The molecule has 0 radical (unpaired) electrons. The number of fused-ring (bicyclic) bond motifs is 1. The Balaban J connectivity index is 1.30. The molecule has 2 N–H and O–H groups in total. The molecule has 1 heterocycles. The van der Waals surface area contributed by atoms with Crippen molar-refractivity contribution in [1.29, 1.82) is 0 Å². The summed E-state index contributed by atoms with van der Waals surface area (Å²) < 4.78 is 1.80. The summed E-state index contributed by atoms with van der Waals surface area (Å²) in [6.45, 7) is 2.61. The van der Waals surface area contributed by atoms with E-state index >= 15 is 0 Å². The number of aromatic nitrogens is 1. The van der Waals surface area contributed by atoms with Gasteiger partial charge in [0.05, 0.1) is 16.0 Å². The van der Waals surface area contributed by atoms with Crippen LogP contribution < -0.4 is 10.6 Å². The highest BCUT2D eigenvalue weighted by Gasteiger charge is 2.10. The summed E-state index contributed by atoms with van der Waals surface area (Å²) in [6, 6.07) is 23.2. The Labute approximate surface area is 195 Å². The summed E-state index contributed by atoms with van der Waals surface area (Å²) >= 11 is 2.95. The number of aryl methyl sites for hydroxylation is 1. The van der Waals surface area contributed by atoms with Gasteiger partial charge in [0.15, 0.2) is 4.34 Å². The first-order valence-electron chi connectivity index (χ1n) is 10.3. The van der Waals surface area contributed by atoms with E-state index in [0.29, 0.717) is 17.9 Å². The van der Waals surface area contributed by atoms with Gasteiger partial charge >= 0.3 is 0 Å². The van der Waals surface area contributed by atoms with Crippen molar-refractivity contribution in [3.8, 4) is 0 Å². The molecule has 3 aromatic carbocycles. The number of thioether (sulfide) groups is 1. The van der Waals surface area contributed by atoms with Gasteiger partial charge in [-0.1, -0.05) is 59.8 Å². The van der Waals surface area contributed by atoms with Crippen LogP contribution >= 0.6 is 23.1 Å². The third kappa shape index (κ3) is 5.96. The zero-order valence-corrected chi connectivity index (χ0v) is 19.3. The number of benzene rings is 3. The number of nitrogens with one attached hydrogen (secondary N) is 2. The van der Waals surface area contributed by atoms with Crippen LogP contribution in [0.15, 0.2) is 77.1 Å². The molecule has 0 atom stereocenters. The summed E-state index contributed by atoms with van der Waals surface area (Å²) in [5.74, 6) is 0.179. The highest BCUT2D eigenvalue weighted by Crippen LogP contribution is 2.31. The van der Waals surface area contributed by atoms with Gasteiger partial charge in [-0.25, -0.2) is 4.98 Å². The second-order valence-electron chi connectivity index (χ2n) is 7.36. The largest absolute Gasteiger partial charge is 0.355 e. The van der Waals surface area contributed by atoms with Crippen molar-refractivity contribution in [2.75, 3.05) is 17.6 Å². The van der Waals surface area contributed by atoms with E-state index in [1.165, 1.54) is 28.7 Å². The third-order valence-electron chi connectivity index (χ3n) is 4.85. The number of hydrogen-bond acceptors (Lipinski definition) is 5. The number of rotatable bonds is 8. The van der Waals surface area contributed by atoms with Crippen molar-refractivity contribution in [1.82, 2.24) is 10.3 Å². The van der Waals surface area contributed by atoms with E-state index in [0.717, 1.165) is 32.2 Å². The predicted molar refractivity (Wildman–Crippen MR) is 133 cm³/mol. The highest BCUT2D eigenvalue weighted by molar-refractivity contribution is 8.01. The van der Waals surface area contributed by atoms with Crippen LogP contribution in [0.4, 0.5) is 5.69 Å². The van der Waals surface area contributed by atoms with Crippen LogP contribution in [-0.4, -0.2) is 29.1 Å². The van der Waals surface area contributed by atoms with Crippen molar-refractivity contribution in [2.24, 2.45) is 0 Å². The lowest BCUT2D eigenvalue weighted by Crippen LogP contribution is -2.27. The van der Waals surface area contributed by atoms with Gasteiger partial charge in [0.1, 0.15) is 0 Å². The molecule has 5 nitrogen and oxygen atoms in total. The molecule has 0 aliphatic heterocycles. The highest BCUT2D eigenvalue weighted by atomic mass is 32.2. The first kappa shape index (κ1) is 22.0. The fourth-order valence-corrected chi connectivity index (χ4v) is 5.06. The monoisotopic (exact) mass is 461 g/mol. The molecule has 0 fully saturated rings. The van der Waals surface area contributed by atoms with Crippen LogP contribution in [0.1, 0.15) is 21.5 Å². The lowest BCUT2D eigenvalue weighted by Gasteiger charge is -2.05. The topological polar surface area (TPSA) is 71.1 Å². The minimum absolute atomic E-state index is 0.00348. The summed E-state index contributed by atoms with van der Waals surface area (Å²) in [7, 11) is 0. The van der Waals surface area contributed by atoms with Gasteiger partial charge in [-0.2, -0.15) is 0 Å². The molecule has 4 rings (SSSR count). The van der Waals surface area contributed by atoms with Crippen molar-refractivity contribution < 1.29 is 9.59 Å². The molecule has 7 heteroatoms. The Morgan fingerprint density at radius 3 is 2.56 bits per heavy atom. The average Bonchev–Trinajstić information content (AvgIpc) is 3.21. The zero-order chi connectivity index (χ0) is 22.3. The van der Waals surface area contributed by atoms with Crippen molar-refractivity contribution >= 4 is 50.8 Å². The van der Waals surface area contributed by atoms with E-state index in [9.17, 15) is 9.59 Å². The Bertz CT molecular complexity index is 1220. The molecule has 0 bridgehead atoms. The molecular formula is C25H23N3O2S2. The minimum atomic E-state index is -0.143. The first-order valence-corrected chi connectivity index (χ1v) is 12.1. The molecule has 162 valence electrons. The predicted octanol–water partition coefficient (Wildman–Crippen LogP) is 5.31. The maximum atomic E-state index is 12.4. The van der Waals surface area contributed by atoms with E-state index in [2.05, 4.69) is 27.8 Å². The average molecular weight is 462 g/mol. The van der Waals surface area contributed by atoms with E-state index in [1.807, 2.05) is 67.6 Å². The molecule has 1 aromatic heterocycles. The number of carbonyl (C=O) groups excluding carboxylic acids is 2. The second-order valence-corrected chi connectivity index (χ2v) is 9.61. The summed E-state index contributed by atoms with van der Waals surface area (Å²) in [5.41, 5.74) is 4.52. The van der Waals surface area contributed by atoms with Gasteiger partial charge in [-0.05, 0) is 49.2 Å². The molecule has 32 heavy (non-hydrogen) atoms. The van der Waals surface area contributed by atoms with E-state index in [-0.39, 0.29) is 11.8 Å². The van der Waals surface area contributed by atoms with Crippen LogP contribution in [0.25, 0.3) is 10.2 Å². The quantitative estimate of drug-likeness (QED) is 0.349. The van der Waals surface area contributed by atoms with Gasteiger partial charge < -0.3 is 10.6 Å². The molecule has 0 aliphatic rings. The lowest BCUT2D eigenvalue weighted by molar-refractivity contribution is -0.118. The number of hydrogen-bond donors (Lipinski definition) is 2. The standard InChI is InChI=1S/C25H23N3O2S2/c1-17-7-9-19(10-8-17)24(30)27-20-11-12-21-22(15-20)32-25(28-21)31-16-23(29)26-14-13-18-5-3-2-4-6-18/h2-12,15H,13-14,16H2,1H3,(H,26,29)(H,27,30). The van der Waals surface area contributed by atoms with Crippen LogP contribution in [-0.2, 0) is 11.2 Å². The lowest BCUT2D eigenvalue weighted by atomic mass is 10.1. The molecule has 4 aromatic rings. The first-order chi connectivity index (χ1) is 15.6. The number of nitrogens with zero attached hydrogens (tertiary/aromatic N) is 1. The zero-order valence-electron chi connectivity index (χ0n) is 17.6. The summed E-state index contributed by atoms with van der Waals surface area (Å²) in [4.78, 5) is 29.2. The molecule has 0 saturated carbocycles. The number of thiazole rings is 1. The van der Waals surface area contributed by atoms with Crippen molar-refractivity contribution in [3.05, 3.63) is 89.5 Å². The van der Waals surface area contributed by atoms with E-state index < -0.39 is 0 Å². The Morgan fingerprint density at radius 2 is 1.78 bits per heavy atom. The summed E-state index contributed by atoms with van der Waals surface area (Å²) in [6.07, 6.45) is 0.815. The van der Waals surface area contributed by atoms with Crippen LogP contribution in [0.5, 0.6) is 0 Å². The minimum Gasteiger partial charge on any atom is -0.355 e. The summed E-state index contributed by atoms with van der Waals surface area (Å²) in [5, 5.41) is 5.89. The molecule has 2 amide bonds. The fourth-order valence-electron chi connectivity index (χ4n) is 3.12. The molecule has 0 aliphatic carbocycles. The number of amides is 2. The van der Waals surface area contributed by atoms with Gasteiger partial charge in [0.2, 0.25) is 5.91 Å².